The van der Waals surface area contributed by atoms with Crippen molar-refractivity contribution in [2.45, 2.75) is 94.7 Å². The fourth-order valence-corrected chi connectivity index (χ4v) is 9.00. The van der Waals surface area contributed by atoms with Gasteiger partial charge in [-0.2, -0.15) is 31.4 Å². The van der Waals surface area contributed by atoms with E-state index >= 15 is 13.2 Å². The van der Waals surface area contributed by atoms with Crippen LogP contribution in [0.3, 0.4) is 0 Å². The molecule has 0 spiro atoms. The van der Waals surface area contributed by atoms with Crippen LogP contribution >= 0.6 is 0 Å². The summed E-state index contributed by atoms with van der Waals surface area (Å²) >= 11 is 0. The summed E-state index contributed by atoms with van der Waals surface area (Å²) in [6.07, 6.45) is -10.6. The molecule has 1 unspecified atom stereocenters. The molecule has 5 aromatic rings. The molecule has 2 atom stereocenters. The number of nitrogens with zero attached hydrogens (tertiary/aromatic N) is 4. The Morgan fingerprint density at radius 1 is 0.869 bits per heavy atom. The molecule has 9 nitrogen and oxygen atoms in total. The van der Waals surface area contributed by atoms with Gasteiger partial charge in [-0.05, 0) is 53.7 Å². The third-order valence-electron chi connectivity index (χ3n) is 12.0. The van der Waals surface area contributed by atoms with Crippen molar-refractivity contribution in [2.24, 2.45) is 0 Å². The highest BCUT2D eigenvalue weighted by molar-refractivity contribution is 6.74. The number of aromatic nitrogens is 3. The van der Waals surface area contributed by atoms with Crippen LogP contribution in [0.1, 0.15) is 95.4 Å². The molecule has 4 heterocycles. The van der Waals surface area contributed by atoms with E-state index in [4.69, 9.17) is 14.3 Å². The minimum Gasteiger partial charge on any atom is -0.457 e. The number of rotatable bonds is 10. The van der Waals surface area contributed by atoms with Crippen LogP contribution in [-0.2, 0) is 26.7 Å². The number of amides is 1. The van der Waals surface area contributed by atoms with E-state index in [-0.39, 0.29) is 55.4 Å². The lowest BCUT2D eigenvalue weighted by Crippen LogP contribution is -2.53. The predicted molar refractivity (Wildman–Crippen MR) is 221 cm³/mol. The van der Waals surface area contributed by atoms with Crippen molar-refractivity contribution in [3.05, 3.63) is 142 Å². The number of anilines is 2. The van der Waals surface area contributed by atoms with Crippen molar-refractivity contribution in [3.8, 4) is 0 Å². The van der Waals surface area contributed by atoms with Gasteiger partial charge in [-0.1, -0.05) is 112 Å². The summed E-state index contributed by atoms with van der Waals surface area (Å²) in [5.74, 6) is -4.98. The summed E-state index contributed by atoms with van der Waals surface area (Å²) in [5.41, 5.74) is 0.0868. The molecule has 322 valence electrons. The quantitative estimate of drug-likeness (QED) is 0.0848. The number of fused-ring (bicyclic) bond motifs is 1. The first-order chi connectivity index (χ1) is 28.7. The van der Waals surface area contributed by atoms with Crippen LogP contribution in [-0.4, -0.2) is 60.3 Å². The average Bonchev–Trinajstić information content (AvgIpc) is 3.57. The number of hydrogen-bond acceptors (Lipinski definition) is 7. The molecule has 0 radical (unpaired) electrons. The van der Waals surface area contributed by atoms with E-state index in [2.05, 4.69) is 10.3 Å². The van der Waals surface area contributed by atoms with E-state index in [9.17, 15) is 22.8 Å². The lowest BCUT2D eigenvalue weighted by molar-refractivity contribution is -0.175. The van der Waals surface area contributed by atoms with Crippen LogP contribution in [0.5, 0.6) is 0 Å². The largest absolute Gasteiger partial charge is 0.457 e. The second-order valence-electron chi connectivity index (χ2n) is 17.0. The Hall–Kier alpha value is -5.48. The highest BCUT2D eigenvalue weighted by Gasteiger charge is 2.58. The molecule has 3 aromatic carbocycles. The van der Waals surface area contributed by atoms with Gasteiger partial charge in [0.25, 0.3) is 5.91 Å². The summed E-state index contributed by atoms with van der Waals surface area (Å²) < 4.78 is 103. The Morgan fingerprint density at radius 2 is 1.43 bits per heavy atom. The van der Waals surface area contributed by atoms with E-state index in [0.717, 1.165) is 17.2 Å². The zero-order valence-corrected chi connectivity index (χ0v) is 35.3. The number of nitrogens with one attached hydrogen (secondary N) is 1. The van der Waals surface area contributed by atoms with E-state index in [1.165, 1.54) is 4.68 Å². The smallest absolute Gasteiger partial charge is 0.418 e. The molecule has 0 bridgehead atoms. The van der Waals surface area contributed by atoms with Gasteiger partial charge < -0.3 is 19.4 Å². The zero-order valence-electron chi connectivity index (χ0n) is 34.3. The van der Waals surface area contributed by atoms with Gasteiger partial charge >= 0.3 is 18.3 Å². The monoisotopic (exact) mass is 863 g/mol. The third-order valence-corrected chi connectivity index (χ3v) is 16.4. The first-order valence-electron chi connectivity index (χ1n) is 20.1. The second kappa shape index (κ2) is 16.8. The fourth-order valence-electron chi connectivity index (χ4n) is 7.77. The van der Waals surface area contributed by atoms with E-state index in [1.807, 2.05) is 81.4 Å². The Morgan fingerprint density at radius 3 is 1.95 bits per heavy atom. The molecule has 0 saturated carbocycles. The molecular formula is C45H47F6N5O4Si. The predicted octanol–water partition coefficient (Wildman–Crippen LogP) is 10.7. The molecule has 1 amide bonds. The number of pyridine rings is 1. The van der Waals surface area contributed by atoms with Crippen molar-refractivity contribution in [1.82, 2.24) is 14.8 Å². The van der Waals surface area contributed by atoms with Crippen molar-refractivity contribution < 1.29 is 45.1 Å². The van der Waals surface area contributed by atoms with Gasteiger partial charge in [-0.15, -0.1) is 0 Å². The molecule has 61 heavy (non-hydrogen) atoms. The van der Waals surface area contributed by atoms with Crippen LogP contribution < -0.4 is 10.2 Å². The van der Waals surface area contributed by atoms with Gasteiger partial charge in [-0.3, -0.25) is 4.79 Å². The zero-order chi connectivity index (χ0) is 43.9. The number of alkyl halides is 6. The molecule has 2 aliphatic rings. The van der Waals surface area contributed by atoms with Gasteiger partial charge in [-0.25, -0.2) is 14.5 Å². The number of piperidine rings is 1. The van der Waals surface area contributed by atoms with Crippen LogP contribution in [0.15, 0.2) is 103 Å². The molecule has 2 aliphatic heterocycles. The molecular weight excluding hydrogens is 817 g/mol. The summed E-state index contributed by atoms with van der Waals surface area (Å²) in [7, 11) is -2.96. The molecule has 0 aliphatic carbocycles. The summed E-state index contributed by atoms with van der Waals surface area (Å²) in [6, 6.07) is 27.2. The SMILES string of the molecule is CC(C)(C)[Si](C)(C)OC1C(=O)Nc2c(c(C3CCN(c4cc(C(=O)OCc5ccccc5)c(C(F)(F)F)cn4)CC3)nn2C(c2ccccc2)c2ccccc2)[C@H]1C(F)(F)F. The third kappa shape index (κ3) is 9.10. The van der Waals surface area contributed by atoms with Crippen molar-refractivity contribution in [1.29, 1.82) is 0 Å². The van der Waals surface area contributed by atoms with Gasteiger partial charge in [0.05, 0.1) is 16.8 Å². The van der Waals surface area contributed by atoms with Crippen molar-refractivity contribution in [3.63, 3.8) is 0 Å². The average molecular weight is 864 g/mol. The number of halogens is 6. The van der Waals surface area contributed by atoms with Crippen LogP contribution in [0.4, 0.5) is 38.0 Å². The maximum absolute atomic E-state index is 15.8. The first-order valence-corrected chi connectivity index (χ1v) is 23.0. The minimum absolute atomic E-state index is 0.0689. The molecule has 16 heteroatoms. The number of carbonyl (C=O) groups excluding carboxylic acids is 2. The Kier molecular flexibility index (Phi) is 12.0. The van der Waals surface area contributed by atoms with Gasteiger partial charge in [0, 0.05) is 30.8 Å². The van der Waals surface area contributed by atoms with Crippen LogP contribution in [0, 0.1) is 0 Å². The van der Waals surface area contributed by atoms with E-state index < -0.39 is 72.7 Å². The Labute approximate surface area is 351 Å². The molecule has 1 saturated heterocycles. The fraction of sp³-hybridized carbons (Fsp3) is 0.378. The molecule has 7 rings (SSSR count). The number of esters is 1. The summed E-state index contributed by atoms with van der Waals surface area (Å²) in [4.78, 5) is 33.0. The first kappa shape index (κ1) is 43.6. The Balaban J connectivity index is 1.28. The maximum atomic E-state index is 15.8. The number of hydrogen-bond donors (Lipinski definition) is 1. The number of benzene rings is 3. The second-order valence-corrected chi connectivity index (χ2v) is 21.8. The molecule has 1 fully saturated rings. The van der Waals surface area contributed by atoms with Crippen molar-refractivity contribution in [2.75, 3.05) is 23.3 Å². The number of carbonyl (C=O) groups is 2. The topological polar surface area (TPSA) is 98.6 Å². The van der Waals surface area contributed by atoms with E-state index in [0.29, 0.717) is 11.8 Å². The lowest BCUT2D eigenvalue weighted by Gasteiger charge is -2.43. The van der Waals surface area contributed by atoms with Gasteiger partial charge in [0.1, 0.15) is 36.3 Å². The normalized spacial score (nSPS) is 17.9. The highest BCUT2D eigenvalue weighted by Crippen LogP contribution is 2.52. The van der Waals surface area contributed by atoms with Gasteiger partial charge in [0.2, 0.25) is 0 Å². The Bertz CT molecular complexity index is 2300. The van der Waals surface area contributed by atoms with Crippen molar-refractivity contribution >= 4 is 31.8 Å². The summed E-state index contributed by atoms with van der Waals surface area (Å²) in [6.45, 7) is 9.34. The molecule has 2 aromatic heterocycles. The van der Waals surface area contributed by atoms with E-state index in [1.54, 1.807) is 48.3 Å². The standard InChI is InChI=1S/C45H47F6N5O4Si/c1-43(2,3)61(4,5)60-39-36(45(49,50)51)35-37(54-56(40(35)53-41(39)57)38(30-17-11-7-12-18-30)31-19-13-8-14-20-31)29-21-23-55(24-22-29)34-25-32(33(26-52-34)44(46,47)48)42(58)59-27-28-15-9-6-10-16-28/h6-20,25-26,29,36,38-39H,21-24,27H2,1-5H3,(H,53,57)/t36-,39?/m1/s1. The maximum Gasteiger partial charge on any atom is 0.418 e. The van der Waals surface area contributed by atoms with Crippen LogP contribution in [0.2, 0.25) is 18.1 Å². The van der Waals surface area contributed by atoms with Gasteiger partial charge in [0.15, 0.2) is 8.32 Å². The number of ether oxygens (including phenoxy) is 1. The lowest BCUT2D eigenvalue weighted by atomic mass is 9.82. The minimum atomic E-state index is -4.92. The summed E-state index contributed by atoms with van der Waals surface area (Å²) in [5, 5.41) is 7.32. The molecule has 1 N–H and O–H groups in total. The van der Waals surface area contributed by atoms with Crippen LogP contribution in [0.25, 0.3) is 0 Å². The highest BCUT2D eigenvalue weighted by atomic mass is 28.4.